The van der Waals surface area contributed by atoms with Gasteiger partial charge in [0.15, 0.2) is 0 Å². The first-order valence-electron chi connectivity index (χ1n) is 6.64. The van der Waals surface area contributed by atoms with Crippen molar-refractivity contribution in [2.45, 2.75) is 66.2 Å². The Bertz CT molecular complexity index is 366. The highest BCUT2D eigenvalue weighted by molar-refractivity contribution is 7.11. The third-order valence-electron chi connectivity index (χ3n) is 2.53. The van der Waals surface area contributed by atoms with E-state index in [1.165, 1.54) is 10.6 Å². The summed E-state index contributed by atoms with van der Waals surface area (Å²) >= 11 is 1.77. The van der Waals surface area contributed by atoms with E-state index in [0.717, 1.165) is 18.2 Å². The molecule has 0 spiro atoms. The smallest absolute Gasteiger partial charge is 0.119 e. The molecule has 0 fully saturated rings. The van der Waals surface area contributed by atoms with Crippen LogP contribution in [0.2, 0.25) is 0 Å². The molecule has 104 valence electrons. The molecule has 0 unspecified atom stereocenters. The minimum absolute atomic E-state index is 0.137. The number of hydrogen-bond acceptors (Lipinski definition) is 4. The van der Waals surface area contributed by atoms with E-state index in [2.05, 4.69) is 39.9 Å². The molecule has 0 aliphatic carbocycles. The van der Waals surface area contributed by atoms with Crippen LogP contribution < -0.4 is 5.32 Å². The summed E-state index contributed by atoms with van der Waals surface area (Å²) in [6.07, 6.45) is 0. The molecule has 0 aromatic carbocycles. The molecule has 0 radical (unpaired) electrons. The van der Waals surface area contributed by atoms with Crippen LogP contribution in [-0.2, 0) is 17.9 Å². The fourth-order valence-corrected chi connectivity index (χ4v) is 2.69. The number of ether oxygens (including phenoxy) is 1. The lowest BCUT2D eigenvalue weighted by molar-refractivity contribution is 0.133. The topological polar surface area (TPSA) is 34.1 Å². The van der Waals surface area contributed by atoms with Gasteiger partial charge in [-0.05, 0) is 33.6 Å². The lowest BCUT2D eigenvalue weighted by atomic mass is 10.1. The monoisotopic (exact) mass is 270 g/mol. The molecule has 0 aliphatic heterocycles. The fourth-order valence-electron chi connectivity index (χ4n) is 1.59. The van der Waals surface area contributed by atoms with Gasteiger partial charge in [0.05, 0.1) is 12.3 Å². The summed E-state index contributed by atoms with van der Waals surface area (Å²) in [4.78, 5) is 6.04. The van der Waals surface area contributed by atoms with Crippen LogP contribution >= 0.6 is 11.3 Å². The molecule has 0 bridgehead atoms. The first-order chi connectivity index (χ1) is 8.33. The summed E-state index contributed by atoms with van der Waals surface area (Å²) in [5, 5.41) is 4.62. The maximum Gasteiger partial charge on any atom is 0.119 e. The zero-order valence-corrected chi connectivity index (χ0v) is 13.3. The van der Waals surface area contributed by atoms with Crippen LogP contribution in [0.4, 0.5) is 0 Å². The molecule has 3 nitrogen and oxygen atoms in total. The van der Waals surface area contributed by atoms with E-state index in [1.807, 2.05) is 6.92 Å². The van der Waals surface area contributed by atoms with Gasteiger partial charge in [0.2, 0.25) is 0 Å². The van der Waals surface area contributed by atoms with Gasteiger partial charge >= 0.3 is 0 Å². The van der Waals surface area contributed by atoms with Crippen LogP contribution in [0.25, 0.3) is 0 Å². The Morgan fingerprint density at radius 2 is 2.00 bits per heavy atom. The van der Waals surface area contributed by atoms with Gasteiger partial charge in [-0.3, -0.25) is 0 Å². The van der Waals surface area contributed by atoms with Gasteiger partial charge < -0.3 is 10.1 Å². The summed E-state index contributed by atoms with van der Waals surface area (Å²) in [5.74, 6) is 0.466. The lowest BCUT2D eigenvalue weighted by Gasteiger charge is -2.20. The second kappa shape index (κ2) is 6.64. The van der Waals surface area contributed by atoms with Crippen molar-refractivity contribution < 1.29 is 4.74 Å². The molecule has 1 heterocycles. The largest absolute Gasteiger partial charge is 0.375 e. The average molecular weight is 270 g/mol. The third kappa shape index (κ3) is 5.04. The number of aromatic nitrogens is 1. The molecule has 1 aromatic heterocycles. The molecule has 0 aliphatic rings. The lowest BCUT2D eigenvalue weighted by Crippen LogP contribution is -2.35. The predicted octanol–water partition coefficient (Wildman–Crippen LogP) is 3.69. The normalized spacial score (nSPS) is 12.4. The quantitative estimate of drug-likeness (QED) is 0.856. The Hall–Kier alpha value is -0.450. The van der Waals surface area contributed by atoms with Crippen LogP contribution in [0.15, 0.2) is 0 Å². The van der Waals surface area contributed by atoms with E-state index in [0.29, 0.717) is 12.5 Å². The number of nitrogens with zero attached hydrogens (tertiary/aromatic N) is 1. The van der Waals surface area contributed by atoms with Crippen LogP contribution in [0.3, 0.4) is 0 Å². The minimum atomic E-state index is 0.137. The van der Waals surface area contributed by atoms with Gasteiger partial charge in [-0.15, -0.1) is 11.3 Å². The van der Waals surface area contributed by atoms with Crippen LogP contribution in [0.1, 0.15) is 63.0 Å². The SMILES string of the molecule is CCOCc1nc(C(C)C)c(CNC(C)(C)C)s1. The Balaban J connectivity index is 2.77. The molecule has 0 saturated heterocycles. The molecule has 1 rings (SSSR count). The Morgan fingerprint density at radius 1 is 1.33 bits per heavy atom. The van der Waals surface area contributed by atoms with E-state index in [4.69, 9.17) is 9.72 Å². The van der Waals surface area contributed by atoms with Gasteiger partial charge in [0.25, 0.3) is 0 Å². The summed E-state index contributed by atoms with van der Waals surface area (Å²) < 4.78 is 5.44. The minimum Gasteiger partial charge on any atom is -0.375 e. The maximum atomic E-state index is 5.44. The average Bonchev–Trinajstić information content (AvgIpc) is 2.66. The van der Waals surface area contributed by atoms with Crippen molar-refractivity contribution in [3.8, 4) is 0 Å². The van der Waals surface area contributed by atoms with Crippen molar-refractivity contribution in [2.24, 2.45) is 0 Å². The van der Waals surface area contributed by atoms with Gasteiger partial charge in [-0.25, -0.2) is 4.98 Å². The van der Waals surface area contributed by atoms with Gasteiger partial charge in [0.1, 0.15) is 5.01 Å². The van der Waals surface area contributed by atoms with Crippen LogP contribution in [0.5, 0.6) is 0 Å². The Morgan fingerprint density at radius 3 is 2.50 bits per heavy atom. The number of hydrogen-bond donors (Lipinski definition) is 1. The Labute approximate surface area is 115 Å². The first kappa shape index (κ1) is 15.6. The standard InChI is InChI=1S/C14H26N2OS/c1-7-17-9-12-16-13(10(2)3)11(18-12)8-15-14(4,5)6/h10,15H,7-9H2,1-6H3. The van der Waals surface area contributed by atoms with Crippen molar-refractivity contribution in [2.75, 3.05) is 6.61 Å². The van der Waals surface area contributed by atoms with Crippen LogP contribution in [0, 0.1) is 0 Å². The number of rotatable bonds is 6. The molecule has 0 amide bonds. The highest BCUT2D eigenvalue weighted by Crippen LogP contribution is 2.26. The van der Waals surface area contributed by atoms with Crippen molar-refractivity contribution in [1.82, 2.24) is 10.3 Å². The van der Waals surface area contributed by atoms with E-state index < -0.39 is 0 Å². The number of nitrogens with one attached hydrogen (secondary N) is 1. The van der Waals surface area contributed by atoms with Crippen molar-refractivity contribution in [3.63, 3.8) is 0 Å². The maximum absolute atomic E-state index is 5.44. The second-order valence-corrected chi connectivity index (χ2v) is 6.98. The van der Waals surface area contributed by atoms with Crippen molar-refractivity contribution in [1.29, 1.82) is 0 Å². The molecule has 18 heavy (non-hydrogen) atoms. The molecule has 0 atom stereocenters. The zero-order chi connectivity index (χ0) is 13.8. The first-order valence-corrected chi connectivity index (χ1v) is 7.46. The van der Waals surface area contributed by atoms with Crippen LogP contribution in [-0.4, -0.2) is 17.1 Å². The van der Waals surface area contributed by atoms with E-state index >= 15 is 0 Å². The molecular weight excluding hydrogens is 244 g/mol. The molecule has 1 N–H and O–H groups in total. The zero-order valence-electron chi connectivity index (χ0n) is 12.5. The van der Waals surface area contributed by atoms with Gasteiger partial charge in [-0.1, -0.05) is 13.8 Å². The third-order valence-corrected chi connectivity index (χ3v) is 3.57. The molecular formula is C14H26N2OS. The second-order valence-electron chi connectivity index (χ2n) is 5.81. The van der Waals surface area contributed by atoms with Crippen molar-refractivity contribution in [3.05, 3.63) is 15.6 Å². The Kier molecular flexibility index (Phi) is 5.76. The van der Waals surface area contributed by atoms with Crippen molar-refractivity contribution >= 4 is 11.3 Å². The molecule has 1 aromatic rings. The highest BCUT2D eigenvalue weighted by Gasteiger charge is 2.16. The summed E-state index contributed by atoms with van der Waals surface area (Å²) in [7, 11) is 0. The molecule has 0 saturated carbocycles. The van der Waals surface area contributed by atoms with E-state index in [-0.39, 0.29) is 5.54 Å². The van der Waals surface area contributed by atoms with Gasteiger partial charge in [0, 0.05) is 23.6 Å². The molecule has 4 heteroatoms. The van der Waals surface area contributed by atoms with E-state index in [1.54, 1.807) is 11.3 Å². The fraction of sp³-hybridized carbons (Fsp3) is 0.786. The van der Waals surface area contributed by atoms with E-state index in [9.17, 15) is 0 Å². The summed E-state index contributed by atoms with van der Waals surface area (Å²) in [5.41, 5.74) is 1.35. The summed E-state index contributed by atoms with van der Waals surface area (Å²) in [6, 6.07) is 0. The predicted molar refractivity (Wildman–Crippen MR) is 78.1 cm³/mol. The number of thiazole rings is 1. The summed E-state index contributed by atoms with van der Waals surface area (Å²) in [6.45, 7) is 15.2. The highest BCUT2D eigenvalue weighted by atomic mass is 32.1. The van der Waals surface area contributed by atoms with Gasteiger partial charge in [-0.2, -0.15) is 0 Å².